The Bertz CT molecular complexity index is 571. The van der Waals surface area contributed by atoms with Crippen molar-refractivity contribution in [2.24, 2.45) is 0 Å². The van der Waals surface area contributed by atoms with E-state index in [-0.39, 0.29) is 0 Å². The highest BCUT2D eigenvalue weighted by molar-refractivity contribution is 5.14. The van der Waals surface area contributed by atoms with Gasteiger partial charge in [-0.05, 0) is 16.7 Å². The van der Waals surface area contributed by atoms with Crippen molar-refractivity contribution in [3.05, 3.63) is 108 Å². The van der Waals surface area contributed by atoms with Crippen molar-refractivity contribution in [2.75, 3.05) is 21.3 Å². The second-order valence-corrected chi connectivity index (χ2v) is 5.76. The molecule has 27 heavy (non-hydrogen) atoms. The van der Waals surface area contributed by atoms with E-state index in [1.165, 1.54) is 16.7 Å². The smallest absolute Gasteiger partial charge is 0.0713 e. The van der Waals surface area contributed by atoms with Crippen LogP contribution in [0.1, 0.15) is 16.7 Å². The normalized spacial score (nSPS) is 9.44. The summed E-state index contributed by atoms with van der Waals surface area (Å²) in [7, 11) is 5.10. The van der Waals surface area contributed by atoms with Gasteiger partial charge < -0.3 is 14.2 Å². The van der Waals surface area contributed by atoms with Crippen molar-refractivity contribution in [1.82, 2.24) is 0 Å². The quantitative estimate of drug-likeness (QED) is 0.576. The van der Waals surface area contributed by atoms with E-state index in [2.05, 4.69) is 0 Å². The third kappa shape index (κ3) is 11.7. The highest BCUT2D eigenvalue weighted by atomic mass is 16.5. The molecule has 0 saturated heterocycles. The van der Waals surface area contributed by atoms with Crippen LogP contribution in [0.5, 0.6) is 0 Å². The van der Waals surface area contributed by atoms with E-state index >= 15 is 0 Å². The van der Waals surface area contributed by atoms with E-state index in [0.29, 0.717) is 19.8 Å². The lowest BCUT2D eigenvalue weighted by molar-refractivity contribution is 0.185. The van der Waals surface area contributed by atoms with Crippen LogP contribution < -0.4 is 0 Å². The first kappa shape index (κ1) is 22.6. The van der Waals surface area contributed by atoms with Crippen LogP contribution in [-0.2, 0) is 34.0 Å². The van der Waals surface area contributed by atoms with E-state index in [1.54, 1.807) is 21.3 Å². The zero-order chi connectivity index (χ0) is 19.6. The summed E-state index contributed by atoms with van der Waals surface area (Å²) < 4.78 is 14.8. The maximum atomic E-state index is 4.93. The summed E-state index contributed by atoms with van der Waals surface area (Å²) in [5.41, 5.74) is 3.67. The molecule has 0 aliphatic carbocycles. The monoisotopic (exact) mass is 366 g/mol. The van der Waals surface area contributed by atoms with Gasteiger partial charge in [-0.25, -0.2) is 0 Å². The van der Waals surface area contributed by atoms with Gasteiger partial charge in [-0.2, -0.15) is 0 Å². The largest absolute Gasteiger partial charge is 0.380 e. The van der Waals surface area contributed by atoms with Crippen LogP contribution in [0.3, 0.4) is 0 Å². The van der Waals surface area contributed by atoms with Crippen molar-refractivity contribution in [3.8, 4) is 0 Å². The molecule has 3 heteroatoms. The van der Waals surface area contributed by atoms with E-state index < -0.39 is 0 Å². The Morgan fingerprint density at radius 3 is 0.815 bits per heavy atom. The second-order valence-electron chi connectivity index (χ2n) is 5.76. The molecule has 0 spiro atoms. The van der Waals surface area contributed by atoms with E-state index in [4.69, 9.17) is 14.2 Å². The number of ether oxygens (including phenoxy) is 3. The maximum Gasteiger partial charge on any atom is 0.0713 e. The molecule has 0 atom stereocenters. The van der Waals surface area contributed by atoms with Gasteiger partial charge in [0, 0.05) is 21.3 Å². The fourth-order valence-electron chi connectivity index (χ4n) is 2.22. The minimum Gasteiger partial charge on any atom is -0.380 e. The molecule has 3 aromatic carbocycles. The maximum absolute atomic E-state index is 4.93. The number of hydrogen-bond acceptors (Lipinski definition) is 3. The highest BCUT2D eigenvalue weighted by Crippen LogP contribution is 1.99. The molecule has 0 radical (unpaired) electrons. The minimum absolute atomic E-state index is 0.709. The lowest BCUT2D eigenvalue weighted by Crippen LogP contribution is -1.84. The molecule has 3 nitrogen and oxygen atoms in total. The Labute approximate surface area is 163 Å². The highest BCUT2D eigenvalue weighted by Gasteiger charge is 1.86. The molecule has 144 valence electrons. The molecular formula is C24H30O3. The average molecular weight is 367 g/mol. The van der Waals surface area contributed by atoms with E-state index in [0.717, 1.165) is 0 Å². The topological polar surface area (TPSA) is 27.7 Å². The van der Waals surface area contributed by atoms with Gasteiger partial charge in [0.15, 0.2) is 0 Å². The fraction of sp³-hybridized carbons (Fsp3) is 0.250. The number of methoxy groups -OCH3 is 3. The van der Waals surface area contributed by atoms with Crippen LogP contribution in [0.25, 0.3) is 0 Å². The predicted molar refractivity (Wildman–Crippen MR) is 111 cm³/mol. The van der Waals surface area contributed by atoms with Gasteiger partial charge in [0.05, 0.1) is 19.8 Å². The van der Waals surface area contributed by atoms with Gasteiger partial charge in [-0.3, -0.25) is 0 Å². The standard InChI is InChI=1S/3C8H10O/c3*1-9-7-8-5-3-2-4-6-8/h3*2-6H,7H2,1H3. The third-order valence-electron chi connectivity index (χ3n) is 3.46. The number of hydrogen-bond donors (Lipinski definition) is 0. The van der Waals surface area contributed by atoms with Gasteiger partial charge in [0.1, 0.15) is 0 Å². The first-order valence-corrected chi connectivity index (χ1v) is 8.88. The van der Waals surface area contributed by atoms with Gasteiger partial charge in [0.2, 0.25) is 0 Å². The molecular weight excluding hydrogens is 336 g/mol. The molecule has 0 fully saturated rings. The minimum atomic E-state index is 0.709. The van der Waals surface area contributed by atoms with Crippen LogP contribution in [0.2, 0.25) is 0 Å². The summed E-state index contributed by atoms with van der Waals surface area (Å²) in [6.45, 7) is 2.13. The van der Waals surface area contributed by atoms with Crippen LogP contribution in [0.15, 0.2) is 91.0 Å². The SMILES string of the molecule is COCc1ccccc1.COCc1ccccc1.COCc1ccccc1. The Morgan fingerprint density at radius 2 is 0.630 bits per heavy atom. The molecule has 0 aromatic heterocycles. The van der Waals surface area contributed by atoms with Crippen LogP contribution in [0.4, 0.5) is 0 Å². The zero-order valence-corrected chi connectivity index (χ0v) is 16.5. The summed E-state index contributed by atoms with van der Waals surface area (Å²) in [6.07, 6.45) is 0. The number of benzene rings is 3. The van der Waals surface area contributed by atoms with Crippen molar-refractivity contribution < 1.29 is 14.2 Å². The first-order valence-electron chi connectivity index (χ1n) is 8.88. The molecule has 0 saturated carbocycles. The summed E-state index contributed by atoms with van der Waals surface area (Å²) in [4.78, 5) is 0. The lowest BCUT2D eigenvalue weighted by Gasteiger charge is -1.95. The third-order valence-corrected chi connectivity index (χ3v) is 3.46. The lowest BCUT2D eigenvalue weighted by atomic mass is 10.2. The summed E-state index contributed by atoms with van der Waals surface area (Å²) >= 11 is 0. The molecule has 3 aromatic rings. The Morgan fingerprint density at radius 1 is 0.407 bits per heavy atom. The van der Waals surface area contributed by atoms with Crippen molar-refractivity contribution in [1.29, 1.82) is 0 Å². The van der Waals surface area contributed by atoms with Crippen LogP contribution in [0, 0.1) is 0 Å². The van der Waals surface area contributed by atoms with Gasteiger partial charge >= 0.3 is 0 Å². The molecule has 0 unspecified atom stereocenters. The number of rotatable bonds is 6. The second kappa shape index (κ2) is 15.8. The summed E-state index contributed by atoms with van der Waals surface area (Å²) in [6, 6.07) is 30.3. The van der Waals surface area contributed by atoms with Crippen molar-refractivity contribution in [2.45, 2.75) is 19.8 Å². The van der Waals surface area contributed by atoms with Crippen molar-refractivity contribution >= 4 is 0 Å². The van der Waals surface area contributed by atoms with Gasteiger partial charge in [0.25, 0.3) is 0 Å². The molecule has 0 heterocycles. The molecule has 0 bridgehead atoms. The Hall–Kier alpha value is -2.46. The Kier molecular flexibility index (Phi) is 13.2. The molecule has 0 aliphatic rings. The fourth-order valence-corrected chi connectivity index (χ4v) is 2.22. The first-order chi connectivity index (χ1) is 13.3. The summed E-state index contributed by atoms with van der Waals surface area (Å²) in [5.74, 6) is 0. The van der Waals surface area contributed by atoms with Crippen molar-refractivity contribution in [3.63, 3.8) is 0 Å². The Balaban J connectivity index is 0.000000202. The van der Waals surface area contributed by atoms with E-state index in [9.17, 15) is 0 Å². The molecule has 0 N–H and O–H groups in total. The zero-order valence-electron chi connectivity index (χ0n) is 16.5. The molecule has 0 aliphatic heterocycles. The van der Waals surface area contributed by atoms with Crippen LogP contribution >= 0.6 is 0 Å². The molecule has 3 rings (SSSR count). The van der Waals surface area contributed by atoms with Crippen LogP contribution in [-0.4, -0.2) is 21.3 Å². The van der Waals surface area contributed by atoms with E-state index in [1.807, 2.05) is 91.0 Å². The van der Waals surface area contributed by atoms with Gasteiger partial charge in [-0.1, -0.05) is 91.0 Å². The molecule has 0 amide bonds. The average Bonchev–Trinajstić information content (AvgIpc) is 2.72. The summed E-state index contributed by atoms with van der Waals surface area (Å²) in [5, 5.41) is 0. The van der Waals surface area contributed by atoms with Gasteiger partial charge in [-0.15, -0.1) is 0 Å². The predicted octanol–water partition coefficient (Wildman–Crippen LogP) is 5.50.